The van der Waals surface area contributed by atoms with E-state index < -0.39 is 24.1 Å². The van der Waals surface area contributed by atoms with Crippen LogP contribution in [0.15, 0.2) is 0 Å². The summed E-state index contributed by atoms with van der Waals surface area (Å²) in [5, 5.41) is 14.8. The van der Waals surface area contributed by atoms with Crippen LogP contribution in [0.2, 0.25) is 0 Å². The van der Waals surface area contributed by atoms with E-state index in [4.69, 9.17) is 11.5 Å². The highest BCUT2D eigenvalue weighted by Gasteiger charge is 2.27. The van der Waals surface area contributed by atoms with Crippen LogP contribution in [0, 0.1) is 0 Å². The molecule has 0 aliphatic carbocycles. The van der Waals surface area contributed by atoms with Crippen molar-refractivity contribution < 1.29 is 19.5 Å². The number of rotatable bonds is 14. The molecule has 0 aromatic rings. The minimum absolute atomic E-state index is 0.268. The second-order valence-electron chi connectivity index (χ2n) is 5.92. The normalized spacial score (nSPS) is 14.5. The van der Waals surface area contributed by atoms with Crippen molar-refractivity contribution in [1.29, 1.82) is 0 Å². The highest BCUT2D eigenvalue weighted by Crippen LogP contribution is 2.03. The second kappa shape index (κ2) is 13.9. The monoisotopic (exact) mass is 344 g/mol. The number of nitrogens with one attached hydrogen (secondary N) is 2. The van der Waals surface area contributed by atoms with Crippen molar-refractivity contribution in [2.75, 3.05) is 13.1 Å². The number of carbonyl (C=O) groups excluding carboxylic acids is 3. The van der Waals surface area contributed by atoms with Gasteiger partial charge in [0.2, 0.25) is 11.8 Å². The van der Waals surface area contributed by atoms with Crippen molar-refractivity contribution in [1.82, 2.24) is 10.6 Å². The molecular weight excluding hydrogens is 312 g/mol. The zero-order chi connectivity index (χ0) is 18.4. The molecule has 0 radical (unpaired) electrons. The van der Waals surface area contributed by atoms with Crippen LogP contribution in [-0.2, 0) is 14.4 Å². The maximum absolute atomic E-state index is 12.2. The van der Waals surface area contributed by atoms with Crippen molar-refractivity contribution in [3.05, 3.63) is 0 Å². The number of hydrogen-bond acceptors (Lipinski definition) is 6. The van der Waals surface area contributed by atoms with Gasteiger partial charge < -0.3 is 32.0 Å². The summed E-state index contributed by atoms with van der Waals surface area (Å²) in [6.45, 7) is 2.52. The molecule has 0 aromatic carbocycles. The van der Waals surface area contributed by atoms with Gasteiger partial charge in [-0.15, -0.1) is 0 Å². The molecule has 24 heavy (non-hydrogen) atoms. The Morgan fingerprint density at radius 2 is 1.67 bits per heavy atom. The highest BCUT2D eigenvalue weighted by molar-refractivity contribution is 5.89. The fourth-order valence-electron chi connectivity index (χ4n) is 2.21. The Labute approximate surface area is 143 Å². The van der Waals surface area contributed by atoms with Crippen molar-refractivity contribution in [2.24, 2.45) is 11.5 Å². The van der Waals surface area contributed by atoms with Gasteiger partial charge in [-0.1, -0.05) is 6.42 Å². The van der Waals surface area contributed by atoms with Crippen molar-refractivity contribution >= 4 is 18.1 Å². The highest BCUT2D eigenvalue weighted by atomic mass is 16.3. The largest absolute Gasteiger partial charge is 0.391 e. The fraction of sp³-hybridized carbons (Fsp3) is 0.812. The molecule has 0 saturated carbocycles. The van der Waals surface area contributed by atoms with Gasteiger partial charge in [-0.3, -0.25) is 9.59 Å². The summed E-state index contributed by atoms with van der Waals surface area (Å²) in [6, 6.07) is -1.73. The molecule has 0 saturated heterocycles. The number of hydrogen-bond donors (Lipinski definition) is 5. The van der Waals surface area contributed by atoms with E-state index in [0.29, 0.717) is 38.6 Å². The van der Waals surface area contributed by atoms with E-state index in [1.54, 1.807) is 0 Å². The molecule has 0 rings (SSSR count). The lowest BCUT2D eigenvalue weighted by Crippen LogP contribution is -2.54. The Hall–Kier alpha value is -1.51. The third kappa shape index (κ3) is 10.3. The van der Waals surface area contributed by atoms with Crippen LogP contribution in [0.1, 0.15) is 51.9 Å². The third-order valence-electron chi connectivity index (χ3n) is 3.65. The predicted molar refractivity (Wildman–Crippen MR) is 92.0 cm³/mol. The molecule has 0 spiro atoms. The molecule has 0 bridgehead atoms. The molecule has 2 amide bonds. The Balaban J connectivity index is 4.43. The molecule has 7 N–H and O–H groups in total. The molecule has 1 unspecified atom stereocenters. The third-order valence-corrected chi connectivity index (χ3v) is 3.65. The molecule has 0 heterocycles. The van der Waals surface area contributed by atoms with Crippen LogP contribution in [-0.4, -0.2) is 54.5 Å². The first-order valence-corrected chi connectivity index (χ1v) is 8.59. The zero-order valence-corrected chi connectivity index (χ0v) is 14.5. The summed E-state index contributed by atoms with van der Waals surface area (Å²) in [5.41, 5.74) is 10.8. The topological polar surface area (TPSA) is 148 Å². The number of aldehydes is 1. The summed E-state index contributed by atoms with van der Waals surface area (Å²) in [7, 11) is 0. The Kier molecular flexibility index (Phi) is 13.0. The minimum Gasteiger partial charge on any atom is -0.391 e. The summed E-state index contributed by atoms with van der Waals surface area (Å²) in [5.74, 6) is -0.871. The summed E-state index contributed by atoms with van der Waals surface area (Å²) in [6.07, 6.45) is 4.17. The van der Waals surface area contributed by atoms with Gasteiger partial charge in [0.25, 0.3) is 0 Å². The van der Waals surface area contributed by atoms with E-state index in [0.717, 1.165) is 19.3 Å². The van der Waals surface area contributed by atoms with Crippen molar-refractivity contribution in [2.45, 2.75) is 70.1 Å². The van der Waals surface area contributed by atoms with E-state index >= 15 is 0 Å². The lowest BCUT2D eigenvalue weighted by molar-refractivity contribution is -0.132. The van der Waals surface area contributed by atoms with Gasteiger partial charge in [-0.05, 0) is 52.1 Å². The lowest BCUT2D eigenvalue weighted by atomic mass is 10.1. The average Bonchev–Trinajstić information content (AvgIpc) is 2.55. The second-order valence-corrected chi connectivity index (χ2v) is 5.92. The minimum atomic E-state index is -1.08. The lowest BCUT2D eigenvalue weighted by Gasteiger charge is -2.23. The molecule has 140 valence electrons. The Bertz CT molecular complexity index is 377. The maximum atomic E-state index is 12.2. The van der Waals surface area contributed by atoms with Gasteiger partial charge in [-0.2, -0.15) is 0 Å². The number of aliphatic hydroxyl groups excluding tert-OH is 1. The molecule has 3 atom stereocenters. The number of carbonyl (C=O) groups is 3. The Morgan fingerprint density at radius 1 is 1.04 bits per heavy atom. The Morgan fingerprint density at radius 3 is 2.21 bits per heavy atom. The number of nitrogens with two attached hydrogens (primary N) is 2. The SMILES string of the molecule is CC(O)[C@H](NC(=O)CCCCCN)C(=O)N[C@H](C=O)CCCCN. The molecule has 0 aliphatic rings. The molecule has 0 aliphatic heterocycles. The molecule has 8 nitrogen and oxygen atoms in total. The van der Waals surface area contributed by atoms with Gasteiger partial charge in [0.15, 0.2) is 0 Å². The zero-order valence-electron chi connectivity index (χ0n) is 14.5. The summed E-state index contributed by atoms with van der Waals surface area (Å²) < 4.78 is 0. The fourth-order valence-corrected chi connectivity index (χ4v) is 2.21. The van der Waals surface area contributed by atoms with Gasteiger partial charge in [-0.25, -0.2) is 0 Å². The van der Waals surface area contributed by atoms with E-state index in [1.807, 2.05) is 0 Å². The van der Waals surface area contributed by atoms with Crippen LogP contribution in [0.4, 0.5) is 0 Å². The number of amides is 2. The van der Waals surface area contributed by atoms with Crippen LogP contribution >= 0.6 is 0 Å². The van der Waals surface area contributed by atoms with E-state index in [-0.39, 0.29) is 12.3 Å². The molecule has 8 heteroatoms. The van der Waals surface area contributed by atoms with Crippen LogP contribution in [0.25, 0.3) is 0 Å². The maximum Gasteiger partial charge on any atom is 0.245 e. The van der Waals surface area contributed by atoms with Gasteiger partial charge in [0.1, 0.15) is 12.3 Å². The quantitative estimate of drug-likeness (QED) is 0.205. The van der Waals surface area contributed by atoms with Crippen LogP contribution in [0.5, 0.6) is 0 Å². The first-order chi connectivity index (χ1) is 11.5. The van der Waals surface area contributed by atoms with Crippen molar-refractivity contribution in [3.63, 3.8) is 0 Å². The summed E-state index contributed by atoms with van der Waals surface area (Å²) in [4.78, 5) is 35.1. The van der Waals surface area contributed by atoms with E-state index in [1.165, 1.54) is 6.92 Å². The molecular formula is C16H32N4O4. The number of unbranched alkanes of at least 4 members (excludes halogenated alkanes) is 3. The average molecular weight is 344 g/mol. The van der Waals surface area contributed by atoms with E-state index in [2.05, 4.69) is 10.6 Å². The summed E-state index contributed by atoms with van der Waals surface area (Å²) >= 11 is 0. The first-order valence-electron chi connectivity index (χ1n) is 8.59. The van der Waals surface area contributed by atoms with Gasteiger partial charge >= 0.3 is 0 Å². The number of aliphatic hydroxyl groups is 1. The van der Waals surface area contributed by atoms with E-state index in [9.17, 15) is 19.5 Å². The van der Waals surface area contributed by atoms with Gasteiger partial charge in [0.05, 0.1) is 12.1 Å². The van der Waals surface area contributed by atoms with Gasteiger partial charge in [0, 0.05) is 6.42 Å². The standard InChI is InChI=1S/C16H32N4O4/c1-12(22)15(20-14(23)8-3-2-5-9-17)16(24)19-13(11-21)7-4-6-10-18/h11-13,15,22H,2-10,17-18H2,1H3,(H,19,24)(H,20,23)/t12?,13-,15-/m0/s1. The van der Waals surface area contributed by atoms with Crippen LogP contribution < -0.4 is 22.1 Å². The molecule has 0 fully saturated rings. The molecule has 0 aromatic heterocycles. The van der Waals surface area contributed by atoms with Crippen LogP contribution in [0.3, 0.4) is 0 Å². The predicted octanol–water partition coefficient (Wildman–Crippen LogP) is -0.816. The van der Waals surface area contributed by atoms with Crippen molar-refractivity contribution in [3.8, 4) is 0 Å². The first kappa shape index (κ1) is 22.5. The smallest absolute Gasteiger partial charge is 0.245 e.